The fraction of sp³-hybridized carbons (Fsp3) is 0.412. The number of unbranched alkanes of at least 4 members (excludes halogenated alkanes) is 2. The first kappa shape index (κ1) is 15.1. The van der Waals surface area contributed by atoms with Crippen LogP contribution in [0.25, 0.3) is 0 Å². The minimum atomic E-state index is -0.935. The van der Waals surface area contributed by atoms with Crippen LogP contribution in [0.4, 0.5) is 5.69 Å². The summed E-state index contributed by atoms with van der Waals surface area (Å²) in [6, 6.07) is 5.13. The predicted octanol–water partition coefficient (Wildman–Crippen LogP) is 2.86. The van der Waals surface area contributed by atoms with Crippen LogP contribution in [-0.2, 0) is 11.2 Å². The molecule has 0 saturated heterocycles. The zero-order valence-electron chi connectivity index (χ0n) is 12.0. The third-order valence-electron chi connectivity index (χ3n) is 3.74. The third kappa shape index (κ3) is 3.43. The summed E-state index contributed by atoms with van der Waals surface area (Å²) in [4.78, 5) is 25.3. The van der Waals surface area contributed by atoms with Crippen LogP contribution in [0.1, 0.15) is 48.0 Å². The Hall–Kier alpha value is -2.28. The second-order valence-electron chi connectivity index (χ2n) is 5.17. The highest BCUT2D eigenvalue weighted by molar-refractivity contribution is 5.98. The maximum atomic E-state index is 12.3. The van der Waals surface area contributed by atoms with E-state index in [9.17, 15) is 14.7 Å². The van der Waals surface area contributed by atoms with Crippen molar-refractivity contribution in [2.75, 3.05) is 11.4 Å². The van der Waals surface area contributed by atoms with Crippen LogP contribution < -0.4 is 4.90 Å². The van der Waals surface area contributed by atoms with Crippen LogP contribution in [0.5, 0.6) is 0 Å². The Kier molecular flexibility index (Phi) is 4.99. The largest absolute Gasteiger partial charge is 0.478 e. The van der Waals surface area contributed by atoms with Gasteiger partial charge in [-0.1, -0.05) is 6.07 Å². The lowest BCUT2D eigenvalue weighted by atomic mass is 9.96. The van der Waals surface area contributed by atoms with Crippen molar-refractivity contribution in [2.45, 2.75) is 38.5 Å². The first-order chi connectivity index (χ1) is 10.1. The summed E-state index contributed by atoms with van der Waals surface area (Å²) in [6.07, 6.45) is 9.46. The number of amides is 1. The van der Waals surface area contributed by atoms with Crippen molar-refractivity contribution in [2.24, 2.45) is 0 Å². The maximum Gasteiger partial charge on any atom is 0.336 e. The minimum Gasteiger partial charge on any atom is -0.478 e. The van der Waals surface area contributed by atoms with Crippen LogP contribution in [0.3, 0.4) is 0 Å². The Morgan fingerprint density at radius 2 is 2.14 bits per heavy atom. The molecule has 0 fully saturated rings. The minimum absolute atomic E-state index is 0.0514. The van der Waals surface area contributed by atoms with E-state index in [1.807, 2.05) is 6.07 Å². The molecule has 0 saturated carbocycles. The van der Waals surface area contributed by atoms with E-state index in [0.29, 0.717) is 31.4 Å². The quantitative estimate of drug-likeness (QED) is 0.668. The van der Waals surface area contributed by atoms with Crippen molar-refractivity contribution in [1.29, 1.82) is 0 Å². The van der Waals surface area contributed by atoms with Gasteiger partial charge in [0.15, 0.2) is 0 Å². The van der Waals surface area contributed by atoms with Crippen LogP contribution >= 0.6 is 0 Å². The number of benzene rings is 1. The van der Waals surface area contributed by atoms with Gasteiger partial charge in [-0.3, -0.25) is 4.79 Å². The Balaban J connectivity index is 2.15. The van der Waals surface area contributed by atoms with Gasteiger partial charge in [0.2, 0.25) is 5.91 Å². The number of fused-ring (bicyclic) bond motifs is 1. The SMILES string of the molecule is C#CCCCCC(=O)N1CCCc2c(C(=O)O)cccc21. The van der Waals surface area contributed by atoms with Gasteiger partial charge in [-0.2, -0.15) is 0 Å². The predicted molar refractivity (Wildman–Crippen MR) is 81.4 cm³/mol. The molecular weight excluding hydrogens is 266 g/mol. The molecule has 0 aromatic heterocycles. The summed E-state index contributed by atoms with van der Waals surface area (Å²) >= 11 is 0. The summed E-state index contributed by atoms with van der Waals surface area (Å²) in [5.41, 5.74) is 1.83. The molecule has 2 rings (SSSR count). The van der Waals surface area contributed by atoms with Gasteiger partial charge in [0.25, 0.3) is 0 Å². The second kappa shape index (κ2) is 6.94. The number of anilines is 1. The molecule has 4 nitrogen and oxygen atoms in total. The molecule has 1 amide bonds. The molecule has 0 bridgehead atoms. The average Bonchev–Trinajstić information content (AvgIpc) is 2.50. The molecule has 1 aliphatic heterocycles. The van der Waals surface area contributed by atoms with Crippen LogP contribution in [0.15, 0.2) is 18.2 Å². The highest BCUT2D eigenvalue weighted by Crippen LogP contribution is 2.30. The van der Waals surface area contributed by atoms with Gasteiger partial charge in [0, 0.05) is 25.1 Å². The van der Waals surface area contributed by atoms with Crippen molar-refractivity contribution in [3.63, 3.8) is 0 Å². The van der Waals surface area contributed by atoms with Gasteiger partial charge < -0.3 is 10.0 Å². The van der Waals surface area contributed by atoms with Crippen LogP contribution in [0, 0.1) is 12.3 Å². The molecule has 0 aliphatic carbocycles. The first-order valence-corrected chi connectivity index (χ1v) is 7.24. The van der Waals surface area contributed by atoms with E-state index in [0.717, 1.165) is 30.5 Å². The number of terminal acetylenes is 1. The van der Waals surface area contributed by atoms with E-state index in [1.165, 1.54) is 0 Å². The monoisotopic (exact) mass is 285 g/mol. The van der Waals surface area contributed by atoms with Gasteiger partial charge >= 0.3 is 5.97 Å². The molecule has 1 aromatic rings. The highest BCUT2D eigenvalue weighted by atomic mass is 16.4. The molecule has 21 heavy (non-hydrogen) atoms. The van der Waals surface area contributed by atoms with E-state index < -0.39 is 5.97 Å². The molecule has 0 radical (unpaired) electrons. The Morgan fingerprint density at radius 3 is 2.86 bits per heavy atom. The fourth-order valence-corrected chi connectivity index (χ4v) is 2.72. The number of carbonyl (C=O) groups is 2. The topological polar surface area (TPSA) is 57.6 Å². The standard InChI is InChI=1S/C17H19NO3/c1-2-3-4-5-11-16(19)18-12-7-9-13-14(17(20)21)8-6-10-15(13)18/h1,6,8,10H,3-5,7,9,11-12H2,(H,20,21). The van der Waals surface area contributed by atoms with Gasteiger partial charge in [0.1, 0.15) is 0 Å². The molecule has 0 atom stereocenters. The van der Waals surface area contributed by atoms with Crippen molar-refractivity contribution >= 4 is 17.6 Å². The lowest BCUT2D eigenvalue weighted by molar-refractivity contribution is -0.118. The summed E-state index contributed by atoms with van der Waals surface area (Å²) in [6.45, 7) is 0.657. The van der Waals surface area contributed by atoms with E-state index in [-0.39, 0.29) is 5.91 Å². The third-order valence-corrected chi connectivity index (χ3v) is 3.74. The summed E-state index contributed by atoms with van der Waals surface area (Å²) in [5, 5.41) is 9.24. The fourth-order valence-electron chi connectivity index (χ4n) is 2.72. The van der Waals surface area contributed by atoms with Gasteiger partial charge in [-0.05, 0) is 43.4 Å². The first-order valence-electron chi connectivity index (χ1n) is 7.24. The molecule has 1 N–H and O–H groups in total. The van der Waals surface area contributed by atoms with Crippen molar-refractivity contribution in [3.8, 4) is 12.3 Å². The Morgan fingerprint density at radius 1 is 1.33 bits per heavy atom. The lowest BCUT2D eigenvalue weighted by Gasteiger charge is -2.30. The molecule has 1 aromatic carbocycles. The number of hydrogen-bond acceptors (Lipinski definition) is 2. The zero-order chi connectivity index (χ0) is 15.2. The number of carboxylic acids is 1. The number of rotatable bonds is 5. The lowest BCUT2D eigenvalue weighted by Crippen LogP contribution is -2.35. The smallest absolute Gasteiger partial charge is 0.336 e. The molecule has 1 aliphatic rings. The number of carbonyl (C=O) groups excluding carboxylic acids is 1. The number of carboxylic acid groups (broad SMARTS) is 1. The summed E-state index contributed by atoms with van der Waals surface area (Å²) in [5.74, 6) is 1.68. The molecule has 110 valence electrons. The number of hydrogen-bond donors (Lipinski definition) is 1. The molecule has 1 heterocycles. The van der Waals surface area contributed by atoms with Crippen LogP contribution in [0.2, 0.25) is 0 Å². The summed E-state index contributed by atoms with van der Waals surface area (Å²) in [7, 11) is 0. The van der Waals surface area contributed by atoms with E-state index >= 15 is 0 Å². The average molecular weight is 285 g/mol. The Bertz CT molecular complexity index is 586. The van der Waals surface area contributed by atoms with Gasteiger partial charge in [0.05, 0.1) is 5.56 Å². The molecular formula is C17H19NO3. The van der Waals surface area contributed by atoms with Crippen LogP contribution in [-0.4, -0.2) is 23.5 Å². The molecule has 0 spiro atoms. The van der Waals surface area contributed by atoms with Gasteiger partial charge in [-0.15, -0.1) is 12.3 Å². The molecule has 0 unspecified atom stereocenters. The second-order valence-corrected chi connectivity index (χ2v) is 5.17. The number of aromatic carboxylic acids is 1. The Labute approximate surface area is 124 Å². The summed E-state index contributed by atoms with van der Waals surface area (Å²) < 4.78 is 0. The van der Waals surface area contributed by atoms with Gasteiger partial charge in [-0.25, -0.2) is 4.79 Å². The van der Waals surface area contributed by atoms with E-state index in [1.54, 1.807) is 17.0 Å². The normalized spacial score (nSPS) is 13.4. The highest BCUT2D eigenvalue weighted by Gasteiger charge is 2.25. The van der Waals surface area contributed by atoms with Crippen molar-refractivity contribution < 1.29 is 14.7 Å². The van der Waals surface area contributed by atoms with Crippen molar-refractivity contribution in [1.82, 2.24) is 0 Å². The van der Waals surface area contributed by atoms with E-state index in [2.05, 4.69) is 5.92 Å². The maximum absolute atomic E-state index is 12.3. The molecule has 4 heteroatoms. The zero-order valence-corrected chi connectivity index (χ0v) is 12.0. The number of nitrogens with zero attached hydrogens (tertiary/aromatic N) is 1. The van der Waals surface area contributed by atoms with Crippen molar-refractivity contribution in [3.05, 3.63) is 29.3 Å². The van der Waals surface area contributed by atoms with E-state index in [4.69, 9.17) is 6.42 Å².